The molecule has 0 radical (unpaired) electrons. The molecule has 0 saturated heterocycles. The van der Waals surface area contributed by atoms with E-state index < -0.39 is 0 Å². The van der Waals surface area contributed by atoms with E-state index in [1.165, 1.54) is 12.1 Å². The number of nitrogens with zero attached hydrogens (tertiary/aromatic N) is 2. The molecule has 3 aromatic carbocycles. The number of ether oxygens (including phenoxy) is 1. The zero-order valence-corrected chi connectivity index (χ0v) is 14.7. The monoisotopic (exact) mass is 350 g/mol. The summed E-state index contributed by atoms with van der Waals surface area (Å²) >= 11 is 0. The van der Waals surface area contributed by atoms with Crippen molar-refractivity contribution in [1.82, 2.24) is 0 Å². The van der Waals surface area contributed by atoms with E-state index in [2.05, 4.69) is 10.2 Å². The molecule has 0 aromatic heterocycles. The summed E-state index contributed by atoms with van der Waals surface area (Å²) in [5, 5.41) is 20.9. The van der Waals surface area contributed by atoms with Crippen molar-refractivity contribution in [1.29, 1.82) is 0 Å². The lowest BCUT2D eigenvalue weighted by Crippen LogP contribution is -2.32. The van der Waals surface area contributed by atoms with Crippen molar-refractivity contribution in [2.75, 3.05) is 0 Å². The number of hydrogen-bond donors (Lipinski definition) is 1. The lowest BCUT2D eigenvalue weighted by Gasteiger charge is -2.34. The third-order valence-electron chi connectivity index (χ3n) is 4.66. The van der Waals surface area contributed by atoms with Crippen LogP contribution in [0.2, 0.25) is 0 Å². The summed E-state index contributed by atoms with van der Waals surface area (Å²) in [7, 11) is 0. The third kappa shape index (κ3) is 2.90. The van der Waals surface area contributed by atoms with Crippen LogP contribution in [0, 0.1) is 5.82 Å². The Morgan fingerprint density at radius 3 is 2.42 bits per heavy atom. The van der Waals surface area contributed by atoms with E-state index in [4.69, 9.17) is 4.74 Å². The fourth-order valence-corrected chi connectivity index (χ4v) is 3.24. The number of benzene rings is 3. The third-order valence-corrected chi connectivity index (χ3v) is 4.66. The molecule has 1 aliphatic rings. The molecule has 1 heterocycles. The summed E-state index contributed by atoms with van der Waals surface area (Å²) in [6, 6.07) is 13.3. The smallest absolute Gasteiger partial charge is 0.155 e. The van der Waals surface area contributed by atoms with Gasteiger partial charge in [0.2, 0.25) is 0 Å². The Hall–Kier alpha value is -2.95. The maximum atomic E-state index is 13.1. The van der Waals surface area contributed by atoms with E-state index in [1.807, 2.05) is 38.1 Å². The number of hydrogen-bond acceptors (Lipinski definition) is 4. The van der Waals surface area contributed by atoms with Gasteiger partial charge in [-0.05, 0) is 51.0 Å². The molecule has 0 saturated carbocycles. The van der Waals surface area contributed by atoms with E-state index in [9.17, 15) is 9.50 Å². The first-order valence-electron chi connectivity index (χ1n) is 8.57. The van der Waals surface area contributed by atoms with Crippen LogP contribution in [0.15, 0.2) is 58.8 Å². The van der Waals surface area contributed by atoms with Gasteiger partial charge in [0.25, 0.3) is 0 Å². The Morgan fingerprint density at radius 1 is 1.00 bits per heavy atom. The van der Waals surface area contributed by atoms with Crippen LogP contribution in [-0.4, -0.2) is 10.7 Å². The quantitative estimate of drug-likeness (QED) is 0.559. The van der Waals surface area contributed by atoms with Gasteiger partial charge in [0.05, 0.1) is 5.69 Å². The van der Waals surface area contributed by atoms with Crippen LogP contribution in [0.25, 0.3) is 10.8 Å². The summed E-state index contributed by atoms with van der Waals surface area (Å²) in [6.45, 7) is 4.03. The van der Waals surface area contributed by atoms with Crippen molar-refractivity contribution >= 4 is 22.1 Å². The van der Waals surface area contributed by atoms with Crippen LogP contribution in [0.4, 0.5) is 15.8 Å². The highest BCUT2D eigenvalue weighted by atomic mass is 19.1. The van der Waals surface area contributed by atoms with Crippen LogP contribution in [-0.2, 0) is 6.42 Å². The van der Waals surface area contributed by atoms with Gasteiger partial charge in [-0.3, -0.25) is 0 Å². The Kier molecular flexibility index (Phi) is 3.87. The highest BCUT2D eigenvalue weighted by Crippen LogP contribution is 2.50. The fourth-order valence-electron chi connectivity index (χ4n) is 3.24. The molecule has 0 fully saturated rings. The maximum Gasteiger partial charge on any atom is 0.155 e. The molecule has 5 heteroatoms. The second kappa shape index (κ2) is 6.09. The topological polar surface area (TPSA) is 54.2 Å². The Balaban J connectivity index is 1.92. The normalized spacial score (nSPS) is 15.8. The van der Waals surface area contributed by atoms with Crippen molar-refractivity contribution in [2.45, 2.75) is 32.3 Å². The van der Waals surface area contributed by atoms with Crippen molar-refractivity contribution < 1.29 is 14.2 Å². The number of fused-ring (bicyclic) bond motifs is 2. The summed E-state index contributed by atoms with van der Waals surface area (Å²) in [6.07, 6.45) is 1.51. The second-order valence-electron chi connectivity index (χ2n) is 7.09. The number of halogens is 1. The average Bonchev–Trinajstić information content (AvgIpc) is 2.62. The lowest BCUT2D eigenvalue weighted by molar-refractivity contribution is 0.0847. The van der Waals surface area contributed by atoms with Crippen LogP contribution >= 0.6 is 0 Å². The van der Waals surface area contributed by atoms with Gasteiger partial charge in [-0.2, -0.15) is 5.11 Å². The lowest BCUT2D eigenvalue weighted by atomic mass is 9.91. The van der Waals surface area contributed by atoms with Crippen molar-refractivity contribution in [3.05, 3.63) is 59.9 Å². The molecule has 0 aliphatic carbocycles. The Bertz CT molecular complexity index is 1010. The Labute approximate surface area is 151 Å². The van der Waals surface area contributed by atoms with Crippen LogP contribution in [0.3, 0.4) is 0 Å². The highest BCUT2D eigenvalue weighted by Gasteiger charge is 2.32. The molecule has 1 aliphatic heterocycles. The van der Waals surface area contributed by atoms with E-state index in [-0.39, 0.29) is 17.2 Å². The molecule has 0 bridgehead atoms. The van der Waals surface area contributed by atoms with Crippen molar-refractivity contribution in [3.63, 3.8) is 0 Å². The Morgan fingerprint density at radius 2 is 1.69 bits per heavy atom. The molecule has 132 valence electrons. The van der Waals surface area contributed by atoms with Crippen molar-refractivity contribution in [2.24, 2.45) is 10.2 Å². The molecular formula is C21H19FN2O2. The summed E-state index contributed by atoms with van der Waals surface area (Å²) < 4.78 is 19.3. The maximum absolute atomic E-state index is 13.1. The van der Waals surface area contributed by atoms with Gasteiger partial charge in [0.15, 0.2) is 5.75 Å². The van der Waals surface area contributed by atoms with Gasteiger partial charge in [-0.1, -0.05) is 24.3 Å². The molecular weight excluding hydrogens is 331 g/mol. The second-order valence-corrected chi connectivity index (χ2v) is 7.09. The average molecular weight is 350 g/mol. The van der Waals surface area contributed by atoms with Crippen LogP contribution in [0.1, 0.15) is 25.8 Å². The van der Waals surface area contributed by atoms with E-state index in [1.54, 1.807) is 12.1 Å². The van der Waals surface area contributed by atoms with E-state index >= 15 is 0 Å². The molecule has 0 spiro atoms. The fraction of sp³-hybridized carbons (Fsp3) is 0.238. The summed E-state index contributed by atoms with van der Waals surface area (Å²) in [5.41, 5.74) is 1.55. The largest absolute Gasteiger partial charge is 0.507 e. The van der Waals surface area contributed by atoms with Gasteiger partial charge < -0.3 is 9.84 Å². The minimum atomic E-state index is -0.345. The van der Waals surface area contributed by atoms with E-state index in [0.717, 1.165) is 22.8 Å². The van der Waals surface area contributed by atoms with Crippen LogP contribution < -0.4 is 4.74 Å². The van der Waals surface area contributed by atoms with Crippen LogP contribution in [0.5, 0.6) is 11.5 Å². The molecule has 0 atom stereocenters. The predicted molar refractivity (Wildman–Crippen MR) is 99.2 cm³/mol. The zero-order chi connectivity index (χ0) is 18.3. The predicted octanol–water partition coefficient (Wildman–Crippen LogP) is 6.20. The summed E-state index contributed by atoms with van der Waals surface area (Å²) in [4.78, 5) is 0. The zero-order valence-electron chi connectivity index (χ0n) is 14.7. The SMILES string of the molecule is CC1(C)CCc2c(c(N=Nc3ccc(F)cc3)c3ccccc3c2O)O1. The number of azo groups is 1. The summed E-state index contributed by atoms with van der Waals surface area (Å²) in [5.74, 6) is 0.497. The van der Waals surface area contributed by atoms with Gasteiger partial charge in [0, 0.05) is 16.3 Å². The minimum absolute atomic E-state index is 0.242. The molecule has 0 unspecified atom stereocenters. The highest BCUT2D eigenvalue weighted by molar-refractivity contribution is 6.01. The van der Waals surface area contributed by atoms with Gasteiger partial charge in [-0.15, -0.1) is 5.11 Å². The standard InChI is InChI=1S/C21H19FN2O2/c1-21(2)12-11-17-19(25)16-6-4-3-5-15(16)18(20(17)26-21)24-23-14-9-7-13(22)8-10-14/h3-10,25H,11-12H2,1-2H3. The first-order valence-corrected chi connectivity index (χ1v) is 8.57. The van der Waals surface area contributed by atoms with Gasteiger partial charge >= 0.3 is 0 Å². The molecule has 0 amide bonds. The van der Waals surface area contributed by atoms with Crippen molar-refractivity contribution in [3.8, 4) is 11.5 Å². The van der Waals surface area contributed by atoms with Gasteiger partial charge in [-0.25, -0.2) is 4.39 Å². The minimum Gasteiger partial charge on any atom is -0.507 e. The number of aromatic hydroxyl groups is 1. The molecule has 4 rings (SSSR count). The number of rotatable bonds is 2. The molecule has 26 heavy (non-hydrogen) atoms. The van der Waals surface area contributed by atoms with Gasteiger partial charge in [0.1, 0.15) is 22.9 Å². The number of phenols is 1. The first kappa shape index (κ1) is 16.5. The first-order chi connectivity index (χ1) is 12.4. The molecule has 3 aromatic rings. The van der Waals surface area contributed by atoms with E-state index in [0.29, 0.717) is 23.5 Å². The number of phenolic OH excluding ortho intramolecular Hbond substituents is 1. The molecule has 1 N–H and O–H groups in total. The molecule has 4 nitrogen and oxygen atoms in total.